The lowest BCUT2D eigenvalue weighted by molar-refractivity contribution is 0.177. The third-order valence-corrected chi connectivity index (χ3v) is 4.45. The molecule has 1 fully saturated rings. The van der Waals surface area contributed by atoms with Crippen LogP contribution in [0.2, 0.25) is 0 Å². The molecule has 0 atom stereocenters. The highest BCUT2D eigenvalue weighted by molar-refractivity contribution is 7.88. The summed E-state index contributed by atoms with van der Waals surface area (Å²) in [6, 6.07) is 5.54. The molecule has 3 rings (SSSR count). The molecule has 2 aromatic heterocycles. The van der Waals surface area contributed by atoms with E-state index in [4.69, 9.17) is 4.52 Å². The van der Waals surface area contributed by atoms with Gasteiger partial charge in [0.25, 0.3) is 0 Å². The number of likely N-dealkylation sites (tertiary alicyclic amines) is 1. The molecule has 124 valence electrons. The number of hydrogen-bond acceptors (Lipinski definition) is 7. The number of nitrogens with one attached hydrogen (secondary N) is 1. The van der Waals surface area contributed by atoms with Crippen molar-refractivity contribution in [1.82, 2.24) is 24.7 Å². The molecule has 9 heteroatoms. The Labute approximate surface area is 135 Å². The Morgan fingerprint density at radius 2 is 2.13 bits per heavy atom. The number of rotatable bonds is 5. The highest BCUT2D eigenvalue weighted by Gasteiger charge is 2.23. The number of pyridine rings is 1. The quantitative estimate of drug-likeness (QED) is 0.854. The average molecular weight is 337 g/mol. The molecule has 1 aliphatic rings. The number of piperidine rings is 1. The highest BCUT2D eigenvalue weighted by atomic mass is 32.2. The van der Waals surface area contributed by atoms with Gasteiger partial charge in [-0.05, 0) is 25.0 Å². The summed E-state index contributed by atoms with van der Waals surface area (Å²) < 4.78 is 30.4. The van der Waals surface area contributed by atoms with Gasteiger partial charge in [-0.1, -0.05) is 11.2 Å². The lowest BCUT2D eigenvalue weighted by Gasteiger charge is -2.30. The van der Waals surface area contributed by atoms with Crippen molar-refractivity contribution in [3.8, 4) is 11.5 Å². The van der Waals surface area contributed by atoms with Crippen LogP contribution in [-0.4, -0.2) is 53.8 Å². The van der Waals surface area contributed by atoms with Crippen LogP contribution in [-0.2, 0) is 16.6 Å². The Kier molecular flexibility index (Phi) is 4.69. The molecule has 1 N–H and O–H groups in total. The molecular weight excluding hydrogens is 318 g/mol. The molecule has 0 amide bonds. The molecule has 0 saturated carbocycles. The molecule has 23 heavy (non-hydrogen) atoms. The molecule has 2 aromatic rings. The van der Waals surface area contributed by atoms with Crippen molar-refractivity contribution in [3.05, 3.63) is 30.3 Å². The number of aromatic nitrogens is 3. The summed E-state index contributed by atoms with van der Waals surface area (Å²) in [6.45, 7) is 2.13. The van der Waals surface area contributed by atoms with Crippen LogP contribution in [0.25, 0.3) is 11.5 Å². The first kappa shape index (κ1) is 16.0. The fourth-order valence-corrected chi connectivity index (χ4v) is 3.46. The van der Waals surface area contributed by atoms with Gasteiger partial charge >= 0.3 is 0 Å². The van der Waals surface area contributed by atoms with Gasteiger partial charge in [0.15, 0.2) is 0 Å². The smallest absolute Gasteiger partial charge is 0.241 e. The van der Waals surface area contributed by atoms with Crippen molar-refractivity contribution < 1.29 is 12.9 Å². The van der Waals surface area contributed by atoms with E-state index < -0.39 is 10.0 Å². The molecule has 1 saturated heterocycles. The first-order valence-corrected chi connectivity index (χ1v) is 9.32. The Balaban J connectivity index is 1.54. The lowest BCUT2D eigenvalue weighted by Crippen LogP contribution is -2.43. The topological polar surface area (TPSA) is 101 Å². The normalized spacial score (nSPS) is 17.4. The van der Waals surface area contributed by atoms with Crippen molar-refractivity contribution in [3.63, 3.8) is 0 Å². The van der Waals surface area contributed by atoms with Crippen LogP contribution in [0.5, 0.6) is 0 Å². The maximum absolute atomic E-state index is 11.2. The largest absolute Gasteiger partial charge is 0.337 e. The van der Waals surface area contributed by atoms with Gasteiger partial charge in [0, 0.05) is 25.3 Å². The van der Waals surface area contributed by atoms with E-state index in [9.17, 15) is 8.42 Å². The fraction of sp³-hybridized carbons (Fsp3) is 0.500. The van der Waals surface area contributed by atoms with Gasteiger partial charge < -0.3 is 4.52 Å². The van der Waals surface area contributed by atoms with E-state index in [-0.39, 0.29) is 6.04 Å². The van der Waals surface area contributed by atoms with E-state index in [0.29, 0.717) is 24.0 Å². The number of nitrogens with zero attached hydrogens (tertiary/aromatic N) is 4. The Morgan fingerprint density at radius 3 is 2.78 bits per heavy atom. The standard InChI is InChI=1S/C14H19N5O3S/c1-23(20,21)18-11-5-8-19(9-6-11)10-13-16-14(17-22-13)12-4-2-3-7-15-12/h2-4,7,11,18H,5-6,8-10H2,1H3. The summed E-state index contributed by atoms with van der Waals surface area (Å²) >= 11 is 0. The van der Waals surface area contributed by atoms with Crippen molar-refractivity contribution in [2.75, 3.05) is 19.3 Å². The third-order valence-electron chi connectivity index (χ3n) is 3.69. The molecule has 0 aromatic carbocycles. The molecule has 0 bridgehead atoms. The van der Waals surface area contributed by atoms with Gasteiger partial charge in [0.2, 0.25) is 21.7 Å². The van der Waals surface area contributed by atoms with E-state index in [1.165, 1.54) is 6.26 Å². The summed E-state index contributed by atoms with van der Waals surface area (Å²) in [4.78, 5) is 10.7. The van der Waals surface area contributed by atoms with Gasteiger partial charge in [-0.2, -0.15) is 4.98 Å². The van der Waals surface area contributed by atoms with Crippen LogP contribution in [0.1, 0.15) is 18.7 Å². The van der Waals surface area contributed by atoms with Crippen LogP contribution >= 0.6 is 0 Å². The summed E-state index contributed by atoms with van der Waals surface area (Å²) in [7, 11) is -3.14. The third kappa shape index (κ3) is 4.57. The molecule has 0 unspecified atom stereocenters. The first-order valence-electron chi connectivity index (χ1n) is 7.43. The zero-order valence-corrected chi connectivity index (χ0v) is 13.7. The zero-order valence-electron chi connectivity index (χ0n) is 12.8. The second kappa shape index (κ2) is 6.73. The average Bonchev–Trinajstić information content (AvgIpc) is 2.97. The van der Waals surface area contributed by atoms with Gasteiger partial charge in [-0.3, -0.25) is 9.88 Å². The zero-order chi connectivity index (χ0) is 16.3. The fourth-order valence-electron chi connectivity index (χ4n) is 2.62. The van der Waals surface area contributed by atoms with Crippen LogP contribution < -0.4 is 4.72 Å². The van der Waals surface area contributed by atoms with E-state index in [1.807, 2.05) is 18.2 Å². The minimum absolute atomic E-state index is 0.00742. The molecule has 0 radical (unpaired) electrons. The monoisotopic (exact) mass is 337 g/mol. The van der Waals surface area contributed by atoms with Crippen molar-refractivity contribution in [2.45, 2.75) is 25.4 Å². The highest BCUT2D eigenvalue weighted by Crippen LogP contribution is 2.16. The molecular formula is C14H19N5O3S. The van der Waals surface area contributed by atoms with Crippen LogP contribution in [0.3, 0.4) is 0 Å². The van der Waals surface area contributed by atoms with Crippen molar-refractivity contribution in [2.24, 2.45) is 0 Å². The maximum atomic E-state index is 11.2. The minimum Gasteiger partial charge on any atom is -0.337 e. The molecule has 1 aliphatic heterocycles. The summed E-state index contributed by atoms with van der Waals surface area (Å²) in [5.74, 6) is 1.02. The first-order chi connectivity index (χ1) is 11.0. The Hall–Kier alpha value is -1.84. The second-order valence-corrected chi connectivity index (χ2v) is 7.45. The minimum atomic E-state index is -3.14. The molecule has 3 heterocycles. The van der Waals surface area contributed by atoms with Gasteiger partial charge in [0.1, 0.15) is 5.69 Å². The van der Waals surface area contributed by atoms with Gasteiger partial charge in [0.05, 0.1) is 12.8 Å². The van der Waals surface area contributed by atoms with Crippen LogP contribution in [0.4, 0.5) is 0 Å². The second-order valence-electron chi connectivity index (χ2n) is 5.67. The van der Waals surface area contributed by atoms with Crippen molar-refractivity contribution >= 4 is 10.0 Å². The van der Waals surface area contributed by atoms with Crippen LogP contribution in [0.15, 0.2) is 28.9 Å². The van der Waals surface area contributed by atoms with E-state index >= 15 is 0 Å². The maximum Gasteiger partial charge on any atom is 0.241 e. The summed E-state index contributed by atoms with van der Waals surface area (Å²) in [6.07, 6.45) is 4.42. The van der Waals surface area contributed by atoms with E-state index in [2.05, 4.69) is 24.7 Å². The van der Waals surface area contributed by atoms with E-state index in [1.54, 1.807) is 6.20 Å². The Bertz CT molecular complexity index is 739. The van der Waals surface area contributed by atoms with Gasteiger partial charge in [-0.25, -0.2) is 13.1 Å². The summed E-state index contributed by atoms with van der Waals surface area (Å²) in [5.41, 5.74) is 0.679. The molecule has 0 spiro atoms. The number of sulfonamides is 1. The lowest BCUT2D eigenvalue weighted by atomic mass is 10.1. The van der Waals surface area contributed by atoms with Crippen molar-refractivity contribution in [1.29, 1.82) is 0 Å². The summed E-state index contributed by atoms with van der Waals surface area (Å²) in [5, 5.41) is 3.95. The van der Waals surface area contributed by atoms with E-state index in [0.717, 1.165) is 25.9 Å². The predicted molar refractivity (Wildman–Crippen MR) is 83.8 cm³/mol. The predicted octanol–water partition coefficient (Wildman–Crippen LogP) is 0.645. The van der Waals surface area contributed by atoms with Gasteiger partial charge in [-0.15, -0.1) is 0 Å². The Morgan fingerprint density at radius 1 is 1.35 bits per heavy atom. The number of hydrogen-bond donors (Lipinski definition) is 1. The van der Waals surface area contributed by atoms with Crippen LogP contribution in [0, 0.1) is 0 Å². The molecule has 8 nitrogen and oxygen atoms in total. The molecule has 0 aliphatic carbocycles. The SMILES string of the molecule is CS(=O)(=O)NC1CCN(Cc2nc(-c3ccccn3)no2)CC1.